The van der Waals surface area contributed by atoms with Crippen LogP contribution in [-0.4, -0.2) is 39.5 Å². The van der Waals surface area contributed by atoms with Crippen molar-refractivity contribution < 1.29 is 9.47 Å². The minimum Gasteiger partial charge on any atom is -0.383 e. The molecule has 0 saturated heterocycles. The van der Waals surface area contributed by atoms with E-state index in [1.165, 1.54) is 25.7 Å². The van der Waals surface area contributed by atoms with Crippen LogP contribution in [0.2, 0.25) is 0 Å². The van der Waals surface area contributed by atoms with Crippen LogP contribution in [-0.2, 0) is 9.47 Å². The zero-order valence-corrected chi connectivity index (χ0v) is 8.71. The van der Waals surface area contributed by atoms with E-state index in [0.717, 1.165) is 13.2 Å². The fourth-order valence-corrected chi connectivity index (χ4v) is 1.87. The Balaban J connectivity index is 2.03. The van der Waals surface area contributed by atoms with Gasteiger partial charge in [0.25, 0.3) is 0 Å². The summed E-state index contributed by atoms with van der Waals surface area (Å²) in [5, 5.41) is 3.49. The molecule has 0 unspecified atom stereocenters. The Hall–Kier alpha value is -0.120. The molecule has 1 saturated carbocycles. The molecule has 1 N–H and O–H groups in total. The van der Waals surface area contributed by atoms with E-state index in [1.54, 1.807) is 7.11 Å². The molecule has 0 aliphatic heterocycles. The zero-order chi connectivity index (χ0) is 9.52. The van der Waals surface area contributed by atoms with Gasteiger partial charge in [0.2, 0.25) is 0 Å². The van der Waals surface area contributed by atoms with Crippen molar-refractivity contribution in [2.75, 3.05) is 27.4 Å². The lowest BCUT2D eigenvalue weighted by Crippen LogP contribution is -2.36. The van der Waals surface area contributed by atoms with Gasteiger partial charge < -0.3 is 14.8 Å². The maximum atomic E-state index is 5.31. The summed E-state index contributed by atoms with van der Waals surface area (Å²) in [5.74, 6) is 0. The van der Waals surface area contributed by atoms with Crippen molar-refractivity contribution in [3.63, 3.8) is 0 Å². The number of methoxy groups -OCH3 is 2. The molecule has 0 aromatic heterocycles. The van der Waals surface area contributed by atoms with E-state index in [2.05, 4.69) is 5.32 Å². The van der Waals surface area contributed by atoms with E-state index < -0.39 is 0 Å². The van der Waals surface area contributed by atoms with Crippen molar-refractivity contribution in [3.05, 3.63) is 0 Å². The van der Waals surface area contributed by atoms with Crippen LogP contribution >= 0.6 is 0 Å². The van der Waals surface area contributed by atoms with Crippen molar-refractivity contribution in [1.29, 1.82) is 0 Å². The van der Waals surface area contributed by atoms with Crippen molar-refractivity contribution >= 4 is 0 Å². The number of hydrogen-bond donors (Lipinski definition) is 1. The summed E-state index contributed by atoms with van der Waals surface area (Å²) >= 11 is 0. The predicted molar refractivity (Wildman–Crippen MR) is 52.9 cm³/mol. The van der Waals surface area contributed by atoms with Crippen molar-refractivity contribution in [2.24, 2.45) is 0 Å². The first kappa shape index (κ1) is 11.0. The van der Waals surface area contributed by atoms with E-state index in [4.69, 9.17) is 9.47 Å². The van der Waals surface area contributed by atoms with Gasteiger partial charge in [-0.3, -0.25) is 0 Å². The van der Waals surface area contributed by atoms with Gasteiger partial charge in [0, 0.05) is 26.8 Å². The molecule has 1 rings (SSSR count). The Morgan fingerprint density at radius 3 is 2.38 bits per heavy atom. The Bertz CT molecular complexity index is 119. The summed E-state index contributed by atoms with van der Waals surface area (Å²) in [4.78, 5) is 0. The van der Waals surface area contributed by atoms with E-state index in [0.29, 0.717) is 12.1 Å². The van der Waals surface area contributed by atoms with Crippen LogP contribution in [0.5, 0.6) is 0 Å². The largest absolute Gasteiger partial charge is 0.383 e. The van der Waals surface area contributed by atoms with Gasteiger partial charge in [0.15, 0.2) is 0 Å². The smallest absolute Gasteiger partial charge is 0.0587 e. The highest BCUT2D eigenvalue weighted by atomic mass is 16.5. The summed E-state index contributed by atoms with van der Waals surface area (Å²) < 4.78 is 10.3. The molecule has 0 aromatic rings. The van der Waals surface area contributed by atoms with Crippen LogP contribution < -0.4 is 5.32 Å². The van der Waals surface area contributed by atoms with Gasteiger partial charge in [-0.2, -0.15) is 0 Å². The first-order valence-corrected chi connectivity index (χ1v) is 5.12. The van der Waals surface area contributed by atoms with Gasteiger partial charge in [-0.1, -0.05) is 0 Å². The second-order valence-electron chi connectivity index (χ2n) is 3.66. The number of ether oxygens (including phenoxy) is 2. The molecule has 0 heterocycles. The number of nitrogens with one attached hydrogen (secondary N) is 1. The van der Waals surface area contributed by atoms with Crippen LogP contribution in [0, 0.1) is 0 Å². The molecule has 0 atom stereocenters. The fourth-order valence-electron chi connectivity index (χ4n) is 1.87. The minimum absolute atomic E-state index is 0.500. The molecule has 0 spiro atoms. The molecule has 1 aliphatic rings. The van der Waals surface area contributed by atoms with Crippen molar-refractivity contribution in [1.82, 2.24) is 5.32 Å². The molecule has 1 aliphatic carbocycles. The Morgan fingerprint density at radius 1 is 1.15 bits per heavy atom. The zero-order valence-electron chi connectivity index (χ0n) is 8.71. The monoisotopic (exact) mass is 187 g/mol. The highest BCUT2D eigenvalue weighted by Crippen LogP contribution is 2.20. The predicted octanol–water partition coefficient (Wildman–Crippen LogP) is 1.18. The van der Waals surface area contributed by atoms with E-state index >= 15 is 0 Å². The highest BCUT2D eigenvalue weighted by molar-refractivity contribution is 4.77. The van der Waals surface area contributed by atoms with Crippen molar-refractivity contribution in [3.8, 4) is 0 Å². The van der Waals surface area contributed by atoms with Crippen LogP contribution in [0.4, 0.5) is 0 Å². The minimum atomic E-state index is 0.500. The summed E-state index contributed by atoms with van der Waals surface area (Å²) in [6.07, 6.45) is 5.37. The Labute approximate surface area is 80.8 Å². The quantitative estimate of drug-likeness (QED) is 0.656. The average molecular weight is 187 g/mol. The standard InChI is InChI=1S/C10H21NO2/c1-12-8-7-11-9-3-5-10(13-2)6-4-9/h9-11H,3-8H2,1-2H3. The van der Waals surface area contributed by atoms with Gasteiger partial charge in [0.1, 0.15) is 0 Å². The van der Waals surface area contributed by atoms with E-state index in [9.17, 15) is 0 Å². The molecule has 0 aromatic carbocycles. The Morgan fingerprint density at radius 2 is 1.85 bits per heavy atom. The lowest BCUT2D eigenvalue weighted by Gasteiger charge is -2.28. The van der Waals surface area contributed by atoms with Crippen LogP contribution in [0.25, 0.3) is 0 Å². The van der Waals surface area contributed by atoms with Crippen LogP contribution in [0.15, 0.2) is 0 Å². The van der Waals surface area contributed by atoms with Crippen molar-refractivity contribution in [2.45, 2.75) is 37.8 Å². The highest BCUT2D eigenvalue weighted by Gasteiger charge is 2.19. The Kier molecular flexibility index (Phi) is 5.35. The normalized spacial score (nSPS) is 29.1. The molecule has 0 radical (unpaired) electrons. The topological polar surface area (TPSA) is 30.5 Å². The number of hydrogen-bond acceptors (Lipinski definition) is 3. The van der Waals surface area contributed by atoms with Gasteiger partial charge in [-0.25, -0.2) is 0 Å². The molecular weight excluding hydrogens is 166 g/mol. The third kappa shape index (κ3) is 4.07. The summed E-state index contributed by atoms with van der Waals surface area (Å²) in [5.41, 5.74) is 0. The first-order chi connectivity index (χ1) is 6.36. The second kappa shape index (κ2) is 6.35. The molecule has 13 heavy (non-hydrogen) atoms. The SMILES string of the molecule is COCCNC1CCC(OC)CC1. The van der Waals surface area contributed by atoms with Crippen LogP contribution in [0.3, 0.4) is 0 Å². The third-order valence-corrected chi connectivity index (χ3v) is 2.75. The lowest BCUT2D eigenvalue weighted by molar-refractivity contribution is 0.0616. The summed E-state index contributed by atoms with van der Waals surface area (Å²) in [6.45, 7) is 1.78. The van der Waals surface area contributed by atoms with Gasteiger partial charge >= 0.3 is 0 Å². The van der Waals surface area contributed by atoms with E-state index in [-0.39, 0.29) is 0 Å². The van der Waals surface area contributed by atoms with Gasteiger partial charge in [-0.15, -0.1) is 0 Å². The molecular formula is C10H21NO2. The maximum absolute atomic E-state index is 5.31. The third-order valence-electron chi connectivity index (χ3n) is 2.75. The molecule has 78 valence electrons. The van der Waals surface area contributed by atoms with E-state index in [1.807, 2.05) is 7.11 Å². The second-order valence-corrected chi connectivity index (χ2v) is 3.66. The molecule has 3 heteroatoms. The maximum Gasteiger partial charge on any atom is 0.0587 e. The number of rotatable bonds is 5. The molecule has 3 nitrogen and oxygen atoms in total. The van der Waals surface area contributed by atoms with Gasteiger partial charge in [-0.05, 0) is 25.7 Å². The van der Waals surface area contributed by atoms with Gasteiger partial charge in [0.05, 0.1) is 12.7 Å². The first-order valence-electron chi connectivity index (χ1n) is 5.12. The fraction of sp³-hybridized carbons (Fsp3) is 1.00. The molecule has 1 fully saturated rings. The summed E-state index contributed by atoms with van der Waals surface area (Å²) in [6, 6.07) is 0.682. The molecule has 0 bridgehead atoms. The molecule has 0 amide bonds. The van der Waals surface area contributed by atoms with Crippen LogP contribution in [0.1, 0.15) is 25.7 Å². The summed E-state index contributed by atoms with van der Waals surface area (Å²) in [7, 11) is 3.55. The lowest BCUT2D eigenvalue weighted by atomic mass is 9.93. The average Bonchev–Trinajstić information content (AvgIpc) is 2.19.